The van der Waals surface area contributed by atoms with Gasteiger partial charge in [-0.1, -0.05) is 12.5 Å². The monoisotopic (exact) mass is 367 g/mol. The van der Waals surface area contributed by atoms with Crippen LogP contribution in [0.25, 0.3) is 0 Å². The predicted octanol–water partition coefficient (Wildman–Crippen LogP) is 2.39. The summed E-state index contributed by atoms with van der Waals surface area (Å²) in [6, 6.07) is 4.93. The number of anilines is 1. The van der Waals surface area contributed by atoms with Gasteiger partial charge in [0.15, 0.2) is 0 Å². The van der Waals surface area contributed by atoms with E-state index in [2.05, 4.69) is 10.0 Å². The van der Waals surface area contributed by atoms with E-state index in [9.17, 15) is 13.2 Å². The molecule has 140 valence electrons. The van der Waals surface area contributed by atoms with E-state index in [1.807, 2.05) is 0 Å². The van der Waals surface area contributed by atoms with Crippen molar-refractivity contribution < 1.29 is 13.2 Å². The SMILES string of the molecule is Cc1c(NC(=O)[C@@H]2CCC[C@@H]2CN)cccc1S(=O)(=O)NC(C)(C)C. The van der Waals surface area contributed by atoms with Crippen molar-refractivity contribution in [1.82, 2.24) is 4.72 Å². The van der Waals surface area contributed by atoms with Crippen LogP contribution < -0.4 is 15.8 Å². The zero-order valence-corrected chi connectivity index (χ0v) is 16.2. The molecule has 4 N–H and O–H groups in total. The Morgan fingerprint density at radius 2 is 1.96 bits per heavy atom. The Morgan fingerprint density at radius 1 is 1.28 bits per heavy atom. The molecule has 6 nitrogen and oxygen atoms in total. The third-order valence-corrected chi connectivity index (χ3v) is 6.47. The lowest BCUT2D eigenvalue weighted by Gasteiger charge is -2.22. The second-order valence-electron chi connectivity index (χ2n) is 7.81. The van der Waals surface area contributed by atoms with E-state index < -0.39 is 15.6 Å². The first-order valence-corrected chi connectivity index (χ1v) is 10.2. The van der Waals surface area contributed by atoms with Gasteiger partial charge in [-0.15, -0.1) is 0 Å². The minimum atomic E-state index is -3.66. The summed E-state index contributed by atoms with van der Waals surface area (Å²) in [6.07, 6.45) is 2.80. The van der Waals surface area contributed by atoms with Crippen LogP contribution in [0.2, 0.25) is 0 Å². The van der Waals surface area contributed by atoms with Gasteiger partial charge >= 0.3 is 0 Å². The molecule has 1 saturated carbocycles. The number of sulfonamides is 1. The molecule has 1 fully saturated rings. The van der Waals surface area contributed by atoms with Crippen molar-refractivity contribution in [3.63, 3.8) is 0 Å². The maximum Gasteiger partial charge on any atom is 0.241 e. The van der Waals surface area contributed by atoms with Gasteiger partial charge in [-0.05, 0) is 70.7 Å². The molecule has 7 heteroatoms. The molecule has 1 aromatic rings. The maximum atomic E-state index is 12.6. The van der Waals surface area contributed by atoms with E-state index >= 15 is 0 Å². The number of carbonyl (C=O) groups is 1. The summed E-state index contributed by atoms with van der Waals surface area (Å²) in [5, 5.41) is 2.91. The Morgan fingerprint density at radius 3 is 2.56 bits per heavy atom. The average molecular weight is 368 g/mol. The topological polar surface area (TPSA) is 101 Å². The lowest BCUT2D eigenvalue weighted by molar-refractivity contribution is -0.120. The summed E-state index contributed by atoms with van der Waals surface area (Å²) in [5.74, 6) is 0.0292. The van der Waals surface area contributed by atoms with E-state index in [1.54, 1.807) is 45.9 Å². The van der Waals surface area contributed by atoms with Crippen LogP contribution in [0.5, 0.6) is 0 Å². The molecule has 1 aromatic carbocycles. The summed E-state index contributed by atoms with van der Waals surface area (Å²) in [6.45, 7) is 7.58. The van der Waals surface area contributed by atoms with Gasteiger partial charge in [-0.2, -0.15) is 0 Å². The van der Waals surface area contributed by atoms with Gasteiger partial charge in [-0.3, -0.25) is 4.79 Å². The molecule has 1 aliphatic carbocycles. The van der Waals surface area contributed by atoms with Crippen molar-refractivity contribution in [2.45, 2.75) is 57.4 Å². The molecule has 0 radical (unpaired) electrons. The van der Waals surface area contributed by atoms with Crippen LogP contribution >= 0.6 is 0 Å². The third-order valence-electron chi connectivity index (χ3n) is 4.57. The zero-order valence-electron chi connectivity index (χ0n) is 15.4. The van der Waals surface area contributed by atoms with Crippen LogP contribution in [0.4, 0.5) is 5.69 Å². The van der Waals surface area contributed by atoms with E-state index in [1.165, 1.54) is 0 Å². The van der Waals surface area contributed by atoms with Gasteiger partial charge < -0.3 is 11.1 Å². The molecule has 0 aliphatic heterocycles. The van der Waals surface area contributed by atoms with Gasteiger partial charge in [0, 0.05) is 17.1 Å². The van der Waals surface area contributed by atoms with Crippen LogP contribution in [0, 0.1) is 18.8 Å². The Balaban J connectivity index is 2.25. The fourth-order valence-corrected chi connectivity index (χ4v) is 5.08. The first kappa shape index (κ1) is 19.9. The van der Waals surface area contributed by atoms with Crippen LogP contribution in [-0.2, 0) is 14.8 Å². The number of benzene rings is 1. The molecule has 0 heterocycles. The maximum absolute atomic E-state index is 12.6. The van der Waals surface area contributed by atoms with Gasteiger partial charge in [0.2, 0.25) is 15.9 Å². The van der Waals surface area contributed by atoms with E-state index in [4.69, 9.17) is 5.73 Å². The summed E-state index contributed by atoms with van der Waals surface area (Å²) in [5.41, 5.74) is 6.25. The predicted molar refractivity (Wildman–Crippen MR) is 99.8 cm³/mol. The second kappa shape index (κ2) is 7.43. The lowest BCUT2D eigenvalue weighted by atomic mass is 9.95. The average Bonchev–Trinajstić information content (AvgIpc) is 2.95. The Labute approximate surface area is 150 Å². The van der Waals surface area contributed by atoms with E-state index in [0.717, 1.165) is 19.3 Å². The van der Waals surface area contributed by atoms with Gasteiger partial charge in [0.1, 0.15) is 0 Å². The number of carbonyl (C=O) groups excluding carboxylic acids is 1. The number of nitrogens with two attached hydrogens (primary N) is 1. The highest BCUT2D eigenvalue weighted by atomic mass is 32.2. The van der Waals surface area contributed by atoms with Crippen LogP contribution in [0.15, 0.2) is 23.1 Å². The molecule has 2 rings (SSSR count). The minimum Gasteiger partial charge on any atom is -0.330 e. The van der Waals surface area contributed by atoms with Gasteiger partial charge in [0.05, 0.1) is 4.90 Å². The molecule has 0 spiro atoms. The zero-order chi connectivity index (χ0) is 18.8. The lowest BCUT2D eigenvalue weighted by Crippen LogP contribution is -2.40. The normalized spacial score (nSPS) is 21.3. The molecule has 0 aromatic heterocycles. The van der Waals surface area contributed by atoms with Crippen molar-refractivity contribution in [2.75, 3.05) is 11.9 Å². The fraction of sp³-hybridized carbons (Fsp3) is 0.611. The van der Waals surface area contributed by atoms with Gasteiger partial charge in [0.25, 0.3) is 0 Å². The molecule has 0 unspecified atom stereocenters. The standard InChI is InChI=1S/C18H29N3O3S/c1-12-15(20-17(22)14-8-5-7-13(14)11-19)9-6-10-16(12)25(23,24)21-18(2,3)4/h6,9-10,13-14,21H,5,7-8,11,19H2,1-4H3,(H,20,22)/t13-,14-/m1/s1. The fourth-order valence-electron chi connectivity index (χ4n) is 3.39. The molecule has 25 heavy (non-hydrogen) atoms. The van der Waals surface area contributed by atoms with E-state index in [-0.39, 0.29) is 22.6 Å². The van der Waals surface area contributed by atoms with Crippen molar-refractivity contribution in [3.8, 4) is 0 Å². The Hall–Kier alpha value is -1.44. The van der Waals surface area contributed by atoms with Gasteiger partial charge in [-0.25, -0.2) is 13.1 Å². The highest BCUT2D eigenvalue weighted by Gasteiger charge is 2.32. The van der Waals surface area contributed by atoms with E-state index in [0.29, 0.717) is 17.8 Å². The molecular weight excluding hydrogens is 338 g/mol. The van der Waals surface area contributed by atoms with Crippen molar-refractivity contribution in [3.05, 3.63) is 23.8 Å². The third kappa shape index (κ3) is 4.80. The van der Waals surface area contributed by atoms with Crippen LogP contribution in [0.3, 0.4) is 0 Å². The smallest absolute Gasteiger partial charge is 0.241 e. The van der Waals surface area contributed by atoms with Crippen molar-refractivity contribution >= 4 is 21.6 Å². The highest BCUT2D eigenvalue weighted by Crippen LogP contribution is 2.32. The number of hydrogen-bond donors (Lipinski definition) is 3. The first-order valence-electron chi connectivity index (χ1n) is 8.69. The van der Waals surface area contributed by atoms with Crippen LogP contribution in [0.1, 0.15) is 45.6 Å². The summed E-state index contributed by atoms with van der Waals surface area (Å²) in [4.78, 5) is 12.8. The quantitative estimate of drug-likeness (QED) is 0.744. The minimum absolute atomic E-state index is 0.0746. The second-order valence-corrected chi connectivity index (χ2v) is 9.46. The summed E-state index contributed by atoms with van der Waals surface area (Å²) >= 11 is 0. The Bertz CT molecular complexity index is 738. The largest absolute Gasteiger partial charge is 0.330 e. The number of nitrogens with one attached hydrogen (secondary N) is 2. The summed E-state index contributed by atoms with van der Waals surface area (Å²) in [7, 11) is -3.66. The first-order chi connectivity index (χ1) is 11.5. The molecule has 2 atom stereocenters. The molecular formula is C18H29N3O3S. The summed E-state index contributed by atoms with van der Waals surface area (Å²) < 4.78 is 27.9. The van der Waals surface area contributed by atoms with Crippen molar-refractivity contribution in [1.29, 1.82) is 0 Å². The molecule has 0 bridgehead atoms. The number of rotatable bonds is 5. The Kier molecular flexibility index (Phi) is 5.91. The number of hydrogen-bond acceptors (Lipinski definition) is 4. The highest BCUT2D eigenvalue weighted by molar-refractivity contribution is 7.89. The van der Waals surface area contributed by atoms with Crippen molar-refractivity contribution in [2.24, 2.45) is 17.6 Å². The molecule has 0 saturated heterocycles. The van der Waals surface area contributed by atoms with Crippen LogP contribution in [-0.4, -0.2) is 26.4 Å². The molecule has 1 amide bonds. The number of amides is 1. The molecule has 1 aliphatic rings.